The second kappa shape index (κ2) is 7.20. The molecule has 0 radical (unpaired) electrons. The van der Waals surface area contributed by atoms with Crippen LogP contribution in [0.1, 0.15) is 32.6 Å². The minimum atomic E-state index is -0.990. The molecule has 0 atom stereocenters. The van der Waals surface area contributed by atoms with Crippen LogP contribution in [0.15, 0.2) is 0 Å². The van der Waals surface area contributed by atoms with E-state index in [9.17, 15) is 9.59 Å². The minimum Gasteiger partial charge on any atom is -0.480 e. The zero-order chi connectivity index (χ0) is 13.5. The second-order valence-corrected chi connectivity index (χ2v) is 4.55. The number of likely N-dealkylation sites (N-methyl/N-ethyl adjacent to an activating group) is 1. The van der Waals surface area contributed by atoms with Crippen molar-refractivity contribution in [3.8, 4) is 0 Å². The van der Waals surface area contributed by atoms with Crippen molar-refractivity contribution in [3.05, 3.63) is 0 Å². The molecule has 0 heterocycles. The first-order chi connectivity index (χ1) is 8.60. The quantitative estimate of drug-likeness (QED) is 0.736. The van der Waals surface area contributed by atoms with Gasteiger partial charge < -0.3 is 20.0 Å². The van der Waals surface area contributed by atoms with Gasteiger partial charge in [0.15, 0.2) is 0 Å². The number of aliphatic hydroxyl groups is 1. The summed E-state index contributed by atoms with van der Waals surface area (Å²) in [6, 6.07) is -0.248. The predicted octanol–water partition coefficient (Wildman–Crippen LogP) is 0.750. The molecule has 0 aliphatic heterocycles. The topological polar surface area (TPSA) is 81.1 Å². The maximum absolute atomic E-state index is 12.3. The van der Waals surface area contributed by atoms with Crippen molar-refractivity contribution in [1.82, 2.24) is 9.80 Å². The molecule has 0 spiro atoms. The fourth-order valence-electron chi connectivity index (χ4n) is 2.41. The molecule has 104 valence electrons. The summed E-state index contributed by atoms with van der Waals surface area (Å²) < 4.78 is 0. The molecule has 0 saturated heterocycles. The van der Waals surface area contributed by atoms with E-state index in [1.54, 1.807) is 0 Å². The van der Waals surface area contributed by atoms with E-state index in [0.29, 0.717) is 6.54 Å². The van der Waals surface area contributed by atoms with Crippen LogP contribution in [0.5, 0.6) is 0 Å². The maximum Gasteiger partial charge on any atom is 0.323 e. The zero-order valence-electron chi connectivity index (χ0n) is 10.8. The Morgan fingerprint density at radius 3 is 2.33 bits per heavy atom. The van der Waals surface area contributed by atoms with Gasteiger partial charge >= 0.3 is 12.0 Å². The van der Waals surface area contributed by atoms with Crippen molar-refractivity contribution in [1.29, 1.82) is 0 Å². The number of nitrogens with zero attached hydrogens (tertiary/aromatic N) is 2. The average Bonchev–Trinajstić information content (AvgIpc) is 2.85. The van der Waals surface area contributed by atoms with Gasteiger partial charge in [0.25, 0.3) is 0 Å². The van der Waals surface area contributed by atoms with Gasteiger partial charge in [-0.3, -0.25) is 4.79 Å². The molecule has 1 saturated carbocycles. The molecule has 0 unspecified atom stereocenters. The Balaban J connectivity index is 2.73. The first kappa shape index (κ1) is 14.8. The Hall–Kier alpha value is -1.30. The number of hydrogen-bond donors (Lipinski definition) is 2. The third kappa shape index (κ3) is 3.87. The molecule has 1 fully saturated rings. The van der Waals surface area contributed by atoms with Crippen LogP contribution < -0.4 is 0 Å². The molecule has 1 aliphatic carbocycles. The third-order valence-electron chi connectivity index (χ3n) is 3.34. The van der Waals surface area contributed by atoms with Crippen LogP contribution >= 0.6 is 0 Å². The van der Waals surface area contributed by atoms with Gasteiger partial charge in [-0.25, -0.2) is 4.79 Å². The number of carbonyl (C=O) groups is 2. The molecule has 18 heavy (non-hydrogen) atoms. The number of aliphatic hydroxyl groups excluding tert-OH is 1. The molecule has 2 N–H and O–H groups in total. The van der Waals surface area contributed by atoms with E-state index in [2.05, 4.69) is 0 Å². The summed E-state index contributed by atoms with van der Waals surface area (Å²) in [6.07, 6.45) is 3.83. The van der Waals surface area contributed by atoms with Crippen molar-refractivity contribution < 1.29 is 19.8 Å². The number of carboxylic acids is 1. The molecule has 0 aromatic rings. The number of carboxylic acid groups (broad SMARTS) is 1. The van der Waals surface area contributed by atoms with Gasteiger partial charge in [-0.15, -0.1) is 0 Å². The van der Waals surface area contributed by atoms with Gasteiger partial charge in [-0.05, 0) is 19.8 Å². The van der Waals surface area contributed by atoms with Crippen LogP contribution in [-0.2, 0) is 4.79 Å². The molecule has 0 aromatic heterocycles. The fraction of sp³-hybridized carbons (Fsp3) is 0.833. The average molecular weight is 258 g/mol. The van der Waals surface area contributed by atoms with Crippen LogP contribution in [-0.4, -0.2) is 64.3 Å². The standard InChI is InChI=1S/C12H22N2O4/c1-2-13(7-8-15)12(18)14(9-11(16)17)10-5-3-4-6-10/h10,15H,2-9H2,1H3,(H,16,17). The van der Waals surface area contributed by atoms with Crippen molar-refractivity contribution in [3.63, 3.8) is 0 Å². The SMILES string of the molecule is CCN(CCO)C(=O)N(CC(=O)O)C1CCCC1. The second-order valence-electron chi connectivity index (χ2n) is 4.55. The van der Waals surface area contributed by atoms with Crippen LogP contribution in [0.3, 0.4) is 0 Å². The van der Waals surface area contributed by atoms with Crippen molar-refractivity contribution in [2.45, 2.75) is 38.6 Å². The van der Waals surface area contributed by atoms with Crippen molar-refractivity contribution in [2.75, 3.05) is 26.2 Å². The van der Waals surface area contributed by atoms with E-state index < -0.39 is 5.97 Å². The van der Waals surface area contributed by atoms with Gasteiger partial charge in [0.05, 0.1) is 6.61 Å². The van der Waals surface area contributed by atoms with Crippen LogP contribution in [0.4, 0.5) is 4.79 Å². The molecule has 2 amide bonds. The van der Waals surface area contributed by atoms with Gasteiger partial charge in [-0.2, -0.15) is 0 Å². The molecule has 1 rings (SSSR count). The Morgan fingerprint density at radius 1 is 1.28 bits per heavy atom. The van der Waals surface area contributed by atoms with Gasteiger partial charge in [-0.1, -0.05) is 12.8 Å². The van der Waals surface area contributed by atoms with E-state index in [4.69, 9.17) is 10.2 Å². The lowest BCUT2D eigenvalue weighted by molar-refractivity contribution is -0.138. The Morgan fingerprint density at radius 2 is 1.89 bits per heavy atom. The first-order valence-electron chi connectivity index (χ1n) is 6.48. The van der Waals surface area contributed by atoms with Crippen molar-refractivity contribution in [2.24, 2.45) is 0 Å². The maximum atomic E-state index is 12.3. The van der Waals surface area contributed by atoms with E-state index >= 15 is 0 Å². The number of rotatable bonds is 6. The molecule has 1 aliphatic rings. The normalized spacial score (nSPS) is 15.7. The number of amides is 2. The lowest BCUT2D eigenvalue weighted by atomic mass is 10.2. The van der Waals surface area contributed by atoms with E-state index in [0.717, 1.165) is 25.7 Å². The van der Waals surface area contributed by atoms with Crippen LogP contribution in [0.25, 0.3) is 0 Å². The summed E-state index contributed by atoms with van der Waals surface area (Å²) in [7, 11) is 0. The Kier molecular flexibility index (Phi) is 5.91. The highest BCUT2D eigenvalue weighted by Crippen LogP contribution is 2.24. The van der Waals surface area contributed by atoms with Gasteiger partial charge in [0.1, 0.15) is 6.54 Å². The highest BCUT2D eigenvalue weighted by Gasteiger charge is 2.30. The predicted molar refractivity (Wildman–Crippen MR) is 66.3 cm³/mol. The summed E-state index contributed by atoms with van der Waals surface area (Å²) in [6.45, 7) is 2.18. The lowest BCUT2D eigenvalue weighted by Crippen LogP contribution is -2.50. The van der Waals surface area contributed by atoms with E-state index in [1.165, 1.54) is 9.80 Å². The monoisotopic (exact) mass is 258 g/mol. The zero-order valence-corrected chi connectivity index (χ0v) is 10.8. The summed E-state index contributed by atoms with van der Waals surface area (Å²) in [4.78, 5) is 26.1. The number of aliphatic carboxylic acids is 1. The smallest absolute Gasteiger partial charge is 0.323 e. The van der Waals surface area contributed by atoms with E-state index in [1.807, 2.05) is 6.92 Å². The first-order valence-corrected chi connectivity index (χ1v) is 6.48. The highest BCUT2D eigenvalue weighted by molar-refractivity contribution is 5.80. The summed E-state index contributed by atoms with van der Waals surface area (Å²) >= 11 is 0. The molecule has 6 heteroatoms. The summed E-state index contributed by atoms with van der Waals surface area (Å²) in [5.41, 5.74) is 0. The highest BCUT2D eigenvalue weighted by atomic mass is 16.4. The number of carbonyl (C=O) groups excluding carboxylic acids is 1. The molecule has 6 nitrogen and oxygen atoms in total. The Labute approximate surface area is 107 Å². The molecule has 0 bridgehead atoms. The summed E-state index contributed by atoms with van der Waals surface area (Å²) in [5, 5.41) is 17.8. The molecule has 0 aromatic carbocycles. The molecular weight excluding hydrogens is 236 g/mol. The largest absolute Gasteiger partial charge is 0.480 e. The van der Waals surface area contributed by atoms with Gasteiger partial charge in [0, 0.05) is 19.1 Å². The van der Waals surface area contributed by atoms with Crippen LogP contribution in [0.2, 0.25) is 0 Å². The Bertz CT molecular complexity index is 290. The minimum absolute atomic E-state index is 0.0290. The van der Waals surface area contributed by atoms with Crippen molar-refractivity contribution >= 4 is 12.0 Å². The van der Waals surface area contributed by atoms with E-state index in [-0.39, 0.29) is 31.8 Å². The number of hydrogen-bond acceptors (Lipinski definition) is 3. The van der Waals surface area contributed by atoms with Gasteiger partial charge in [0.2, 0.25) is 0 Å². The molecular formula is C12H22N2O4. The summed E-state index contributed by atoms with van der Waals surface area (Å²) in [5.74, 6) is -0.990. The third-order valence-corrected chi connectivity index (χ3v) is 3.34. The fourth-order valence-corrected chi connectivity index (χ4v) is 2.41. The number of urea groups is 1. The van der Waals surface area contributed by atoms with Crippen LogP contribution in [0, 0.1) is 0 Å². The lowest BCUT2D eigenvalue weighted by Gasteiger charge is -2.32.